The highest BCUT2D eigenvalue weighted by Gasteiger charge is 2.07. The van der Waals surface area contributed by atoms with Gasteiger partial charge >= 0.3 is 5.97 Å². The monoisotopic (exact) mass is 264 g/mol. The summed E-state index contributed by atoms with van der Waals surface area (Å²) in [6, 6.07) is 5.75. The molecule has 1 aromatic carbocycles. The molecule has 1 N–H and O–H groups in total. The molecule has 0 saturated heterocycles. The Hall–Kier alpha value is -2.14. The van der Waals surface area contributed by atoms with E-state index in [1.807, 2.05) is 0 Å². The van der Waals surface area contributed by atoms with E-state index in [-0.39, 0.29) is 17.7 Å². The highest BCUT2D eigenvalue weighted by Crippen LogP contribution is 2.18. The molecule has 0 spiro atoms. The lowest BCUT2D eigenvalue weighted by molar-refractivity contribution is 0.0697. The summed E-state index contributed by atoms with van der Waals surface area (Å²) in [5, 5.41) is 9.12. The fourth-order valence-electron chi connectivity index (χ4n) is 1.49. The molecule has 2 rings (SSSR count). The molecule has 0 aliphatic rings. The average molecular weight is 265 g/mol. The largest absolute Gasteiger partial charge is 0.478 e. The number of carboxylic acid groups (broad SMARTS) is 1. The number of carboxylic acids is 1. The second kappa shape index (κ2) is 5.01. The van der Waals surface area contributed by atoms with Gasteiger partial charge in [0.2, 0.25) is 0 Å². The Labute approximate surface area is 107 Å². The summed E-state index contributed by atoms with van der Waals surface area (Å²) in [7, 11) is 0. The lowest BCUT2D eigenvalue weighted by Crippen LogP contribution is -2.19. The van der Waals surface area contributed by atoms with Gasteiger partial charge in [0.25, 0.3) is 5.56 Å². The summed E-state index contributed by atoms with van der Waals surface area (Å²) in [4.78, 5) is 26.1. The highest BCUT2D eigenvalue weighted by atomic mass is 35.5. The van der Waals surface area contributed by atoms with E-state index < -0.39 is 5.97 Å². The van der Waals surface area contributed by atoms with Crippen LogP contribution in [0, 0.1) is 0 Å². The standard InChI is InChI=1S/C12H9ClN2O3/c13-10-5-8(12(17)18)1-2-9(10)6-15-7-14-4-3-11(15)16/h1-5,7H,6H2,(H,17,18). The van der Waals surface area contributed by atoms with Gasteiger partial charge < -0.3 is 5.11 Å². The molecule has 1 aromatic heterocycles. The summed E-state index contributed by atoms with van der Waals surface area (Å²) < 4.78 is 1.39. The number of hydrogen-bond acceptors (Lipinski definition) is 3. The SMILES string of the molecule is O=C(O)c1ccc(Cn2cnccc2=O)c(Cl)c1. The zero-order valence-corrected chi connectivity index (χ0v) is 9.96. The van der Waals surface area contributed by atoms with Gasteiger partial charge in [0.05, 0.1) is 18.4 Å². The molecule has 0 unspecified atom stereocenters. The van der Waals surface area contributed by atoms with E-state index in [2.05, 4.69) is 4.98 Å². The Morgan fingerprint density at radius 3 is 2.78 bits per heavy atom. The number of hydrogen-bond donors (Lipinski definition) is 1. The normalized spacial score (nSPS) is 10.3. The Morgan fingerprint density at radius 1 is 1.39 bits per heavy atom. The molecular weight excluding hydrogens is 256 g/mol. The van der Waals surface area contributed by atoms with Crippen molar-refractivity contribution in [3.8, 4) is 0 Å². The van der Waals surface area contributed by atoms with Crippen LogP contribution in [0.1, 0.15) is 15.9 Å². The number of aromatic nitrogens is 2. The van der Waals surface area contributed by atoms with Crippen molar-refractivity contribution >= 4 is 17.6 Å². The molecule has 0 aliphatic carbocycles. The van der Waals surface area contributed by atoms with E-state index in [0.717, 1.165) is 0 Å². The van der Waals surface area contributed by atoms with Crippen molar-refractivity contribution in [3.63, 3.8) is 0 Å². The van der Waals surface area contributed by atoms with Gasteiger partial charge in [-0.15, -0.1) is 0 Å². The number of benzene rings is 1. The molecule has 0 fully saturated rings. The van der Waals surface area contributed by atoms with Crippen LogP contribution >= 0.6 is 11.6 Å². The number of rotatable bonds is 3. The Morgan fingerprint density at radius 2 is 2.17 bits per heavy atom. The summed E-state index contributed by atoms with van der Waals surface area (Å²) >= 11 is 5.98. The third kappa shape index (κ3) is 2.57. The van der Waals surface area contributed by atoms with Crippen molar-refractivity contribution in [1.29, 1.82) is 0 Å². The number of carbonyl (C=O) groups is 1. The minimum Gasteiger partial charge on any atom is -0.478 e. The smallest absolute Gasteiger partial charge is 0.335 e. The molecule has 0 aliphatic heterocycles. The van der Waals surface area contributed by atoms with Gasteiger partial charge in [-0.1, -0.05) is 17.7 Å². The van der Waals surface area contributed by atoms with E-state index in [4.69, 9.17) is 16.7 Å². The molecule has 0 amide bonds. The zero-order valence-electron chi connectivity index (χ0n) is 9.21. The van der Waals surface area contributed by atoms with E-state index in [0.29, 0.717) is 10.6 Å². The second-order valence-electron chi connectivity index (χ2n) is 3.66. The number of nitrogens with zero attached hydrogens (tertiary/aromatic N) is 2. The molecule has 5 nitrogen and oxygen atoms in total. The van der Waals surface area contributed by atoms with Crippen LogP contribution in [0.5, 0.6) is 0 Å². The topological polar surface area (TPSA) is 72.2 Å². The van der Waals surface area contributed by atoms with E-state index in [9.17, 15) is 9.59 Å². The first-order valence-electron chi connectivity index (χ1n) is 5.10. The predicted molar refractivity (Wildman–Crippen MR) is 66.0 cm³/mol. The van der Waals surface area contributed by atoms with Gasteiger partial charge in [-0.3, -0.25) is 9.36 Å². The molecule has 0 radical (unpaired) electrons. The summed E-state index contributed by atoms with van der Waals surface area (Å²) in [6.07, 6.45) is 2.82. The Kier molecular flexibility index (Phi) is 3.43. The van der Waals surface area contributed by atoms with Crippen LogP contribution in [0.2, 0.25) is 5.02 Å². The van der Waals surface area contributed by atoms with Crippen LogP contribution in [-0.2, 0) is 6.54 Å². The summed E-state index contributed by atoms with van der Waals surface area (Å²) in [5.74, 6) is -1.04. The van der Waals surface area contributed by atoms with Crippen LogP contribution in [0.4, 0.5) is 0 Å². The van der Waals surface area contributed by atoms with Crippen molar-refractivity contribution in [2.45, 2.75) is 6.54 Å². The predicted octanol–water partition coefficient (Wildman–Crippen LogP) is 1.64. The van der Waals surface area contributed by atoms with E-state index in [1.54, 1.807) is 6.07 Å². The van der Waals surface area contributed by atoms with Gasteiger partial charge in [-0.2, -0.15) is 0 Å². The lowest BCUT2D eigenvalue weighted by atomic mass is 10.1. The third-order valence-electron chi connectivity index (χ3n) is 2.43. The molecular formula is C12H9ClN2O3. The van der Waals surface area contributed by atoms with Crippen LogP contribution in [0.25, 0.3) is 0 Å². The summed E-state index contributed by atoms with van der Waals surface area (Å²) in [5.41, 5.74) is 0.586. The van der Waals surface area contributed by atoms with Crippen molar-refractivity contribution in [1.82, 2.24) is 9.55 Å². The first-order chi connectivity index (χ1) is 8.58. The number of halogens is 1. The van der Waals surface area contributed by atoms with E-state index >= 15 is 0 Å². The Bertz CT molecular complexity index is 652. The van der Waals surface area contributed by atoms with Crippen LogP contribution in [-0.4, -0.2) is 20.6 Å². The molecule has 0 bridgehead atoms. The maximum atomic E-state index is 11.5. The zero-order chi connectivity index (χ0) is 13.1. The van der Waals surface area contributed by atoms with Crippen molar-refractivity contribution in [2.24, 2.45) is 0 Å². The van der Waals surface area contributed by atoms with Crippen LogP contribution < -0.4 is 5.56 Å². The van der Waals surface area contributed by atoms with Crippen LogP contribution in [0.15, 0.2) is 41.6 Å². The minimum atomic E-state index is -1.04. The number of aromatic carboxylic acids is 1. The highest BCUT2D eigenvalue weighted by molar-refractivity contribution is 6.31. The average Bonchev–Trinajstić information content (AvgIpc) is 2.34. The quantitative estimate of drug-likeness (QED) is 0.915. The first kappa shape index (κ1) is 12.3. The maximum absolute atomic E-state index is 11.5. The molecule has 18 heavy (non-hydrogen) atoms. The Balaban J connectivity index is 2.33. The van der Waals surface area contributed by atoms with Gasteiger partial charge in [-0.25, -0.2) is 9.78 Å². The van der Waals surface area contributed by atoms with Gasteiger partial charge in [0.15, 0.2) is 0 Å². The molecule has 0 atom stereocenters. The van der Waals surface area contributed by atoms with Crippen molar-refractivity contribution < 1.29 is 9.90 Å². The third-order valence-corrected chi connectivity index (χ3v) is 2.78. The van der Waals surface area contributed by atoms with Gasteiger partial charge in [0.1, 0.15) is 0 Å². The molecule has 92 valence electrons. The van der Waals surface area contributed by atoms with E-state index in [1.165, 1.54) is 35.3 Å². The molecule has 0 saturated carbocycles. The summed E-state index contributed by atoms with van der Waals surface area (Å²) in [6.45, 7) is 0.255. The van der Waals surface area contributed by atoms with Crippen molar-refractivity contribution in [3.05, 3.63) is 63.3 Å². The minimum absolute atomic E-state index is 0.113. The first-order valence-corrected chi connectivity index (χ1v) is 5.48. The second-order valence-corrected chi connectivity index (χ2v) is 4.06. The molecule has 2 aromatic rings. The van der Waals surface area contributed by atoms with Gasteiger partial charge in [0, 0.05) is 17.3 Å². The van der Waals surface area contributed by atoms with Gasteiger partial charge in [-0.05, 0) is 17.7 Å². The lowest BCUT2D eigenvalue weighted by Gasteiger charge is -2.07. The molecule has 6 heteroatoms. The fraction of sp³-hybridized carbons (Fsp3) is 0.0833. The molecule has 1 heterocycles. The van der Waals surface area contributed by atoms with Crippen molar-refractivity contribution in [2.75, 3.05) is 0 Å². The van der Waals surface area contributed by atoms with Crippen LogP contribution in [0.3, 0.4) is 0 Å². The fourth-order valence-corrected chi connectivity index (χ4v) is 1.73. The maximum Gasteiger partial charge on any atom is 0.335 e.